The van der Waals surface area contributed by atoms with Gasteiger partial charge in [0.05, 0.1) is 47.8 Å². The number of esters is 1. The Balaban J connectivity index is 1.10. The number of nitrogens with one attached hydrogen (secondary N) is 1. The Bertz CT molecular complexity index is 1490. The van der Waals surface area contributed by atoms with Gasteiger partial charge in [-0.1, -0.05) is 41.7 Å². The molecule has 1 amide bonds. The first-order chi connectivity index (χ1) is 20.7. The number of ether oxygens (including phenoxy) is 2. The number of aryl methyl sites for hydroxylation is 1. The first kappa shape index (κ1) is 31.5. The topological polar surface area (TPSA) is 89.9 Å². The molecule has 1 atom stereocenters. The van der Waals surface area contributed by atoms with E-state index in [1.165, 1.54) is 31.2 Å². The normalized spacial score (nSPS) is 20.8. The fraction of sp³-hybridized carbons (Fsp3) is 0.469. The molecule has 8 nitrogen and oxygen atoms in total. The molecule has 43 heavy (non-hydrogen) atoms. The van der Waals surface area contributed by atoms with Crippen LogP contribution in [0.2, 0.25) is 5.02 Å². The summed E-state index contributed by atoms with van der Waals surface area (Å²) in [7, 11) is 3.29. The molecule has 11 heteroatoms. The maximum Gasteiger partial charge on any atom is 0.308 e. The minimum atomic E-state index is -0.592. The van der Waals surface area contributed by atoms with Gasteiger partial charge in [-0.2, -0.15) is 0 Å². The molecule has 2 aromatic carbocycles. The number of amides is 1. The number of hydrogen-bond acceptors (Lipinski definition) is 7. The molecule has 0 bridgehead atoms. The minimum Gasteiger partial charge on any atom is -0.469 e. The standard InChI is InChI=1S/C32H37ClFN3O5S/c1-36-17-26(25-7-3-4-8-30(25)36)31(39)35-29-16-28(34)21(15-27(29)33)14-23(38)19-43-37-13-5-6-22(37)18-42-24-11-9-20(10-12-24)32(40)41-2/h3-4,7-8,15-17,20,22,24H,5-6,9-14,18-19H2,1-2H3,(H,35,39)/t20?,22-,24?/m0/s1. The number of nitrogens with zero attached hydrogens (tertiary/aromatic N) is 2. The van der Waals surface area contributed by atoms with Crippen molar-refractivity contribution in [2.24, 2.45) is 13.0 Å². The van der Waals surface area contributed by atoms with Crippen molar-refractivity contribution in [3.8, 4) is 0 Å². The Kier molecular flexibility index (Phi) is 10.4. The van der Waals surface area contributed by atoms with Gasteiger partial charge in [-0.05, 0) is 62.3 Å². The number of ketones is 1. The third-order valence-corrected chi connectivity index (χ3v) is 9.94. The van der Waals surface area contributed by atoms with Gasteiger partial charge < -0.3 is 19.4 Å². The van der Waals surface area contributed by atoms with E-state index in [0.717, 1.165) is 56.0 Å². The summed E-state index contributed by atoms with van der Waals surface area (Å²) in [6.07, 6.45) is 7.06. The van der Waals surface area contributed by atoms with Crippen LogP contribution in [0.5, 0.6) is 0 Å². The van der Waals surface area contributed by atoms with Crippen molar-refractivity contribution in [3.63, 3.8) is 0 Å². The van der Waals surface area contributed by atoms with Gasteiger partial charge in [0.15, 0.2) is 0 Å². The fourth-order valence-corrected chi connectivity index (χ4v) is 7.26. The van der Waals surface area contributed by atoms with Gasteiger partial charge in [-0.3, -0.25) is 14.4 Å². The molecule has 5 rings (SSSR count). The van der Waals surface area contributed by atoms with E-state index in [2.05, 4.69) is 9.62 Å². The molecule has 1 N–H and O–H groups in total. The largest absolute Gasteiger partial charge is 0.469 e. The number of anilines is 1. The molecule has 1 aliphatic carbocycles. The van der Waals surface area contributed by atoms with Crippen molar-refractivity contribution in [2.75, 3.05) is 31.3 Å². The monoisotopic (exact) mass is 629 g/mol. The second-order valence-electron chi connectivity index (χ2n) is 11.3. The number of halogens is 2. The Morgan fingerprint density at radius 2 is 1.88 bits per heavy atom. The number of carbonyl (C=O) groups is 3. The molecule has 2 aliphatic rings. The lowest BCUT2D eigenvalue weighted by Crippen LogP contribution is -2.33. The van der Waals surface area contributed by atoms with E-state index in [9.17, 15) is 14.4 Å². The lowest BCUT2D eigenvalue weighted by atomic mass is 9.87. The number of fused-ring (bicyclic) bond motifs is 1. The lowest BCUT2D eigenvalue weighted by molar-refractivity contribution is -0.147. The Morgan fingerprint density at radius 1 is 1.12 bits per heavy atom. The summed E-state index contributed by atoms with van der Waals surface area (Å²) in [4.78, 5) is 37.6. The van der Waals surface area contributed by atoms with Crippen LogP contribution in [-0.2, 0) is 32.5 Å². The van der Waals surface area contributed by atoms with E-state index < -0.39 is 11.7 Å². The maximum absolute atomic E-state index is 15.0. The molecule has 1 aliphatic heterocycles. The van der Waals surface area contributed by atoms with Crippen molar-refractivity contribution in [1.29, 1.82) is 0 Å². The van der Waals surface area contributed by atoms with E-state index >= 15 is 4.39 Å². The zero-order valence-electron chi connectivity index (χ0n) is 24.4. The van der Waals surface area contributed by atoms with Gasteiger partial charge >= 0.3 is 5.97 Å². The fourth-order valence-electron chi connectivity index (χ4n) is 5.97. The summed E-state index contributed by atoms with van der Waals surface area (Å²) in [5.74, 6) is -1.04. The molecule has 2 fully saturated rings. The first-order valence-corrected chi connectivity index (χ1v) is 16.0. The molecule has 1 saturated heterocycles. The second kappa shape index (κ2) is 14.2. The van der Waals surface area contributed by atoms with Crippen LogP contribution in [0, 0.1) is 11.7 Å². The molecule has 0 unspecified atom stereocenters. The van der Waals surface area contributed by atoms with Crippen molar-refractivity contribution in [1.82, 2.24) is 8.87 Å². The zero-order valence-corrected chi connectivity index (χ0v) is 26.0. The number of aromatic nitrogens is 1. The highest BCUT2D eigenvalue weighted by atomic mass is 35.5. The number of Topliss-reactive ketones (excluding diaryl/α,β-unsaturated/α-hetero) is 1. The summed E-state index contributed by atoms with van der Waals surface area (Å²) < 4.78 is 30.2. The molecular weight excluding hydrogens is 593 g/mol. The Labute approximate surface area is 260 Å². The van der Waals surface area contributed by atoms with Gasteiger partial charge in [0.2, 0.25) is 0 Å². The highest BCUT2D eigenvalue weighted by Gasteiger charge is 2.30. The number of hydrogen-bond donors (Lipinski definition) is 1. The molecule has 1 aromatic heterocycles. The summed E-state index contributed by atoms with van der Waals surface area (Å²) in [6, 6.07) is 10.3. The van der Waals surface area contributed by atoms with Crippen molar-refractivity contribution >= 4 is 57.8 Å². The van der Waals surface area contributed by atoms with E-state index in [0.29, 0.717) is 12.2 Å². The SMILES string of the molecule is COC(=O)C1CCC(OC[C@@H]2CCCN2SCC(=O)Cc2cc(Cl)c(NC(=O)c3cn(C)c4ccccc34)cc2F)CC1. The van der Waals surface area contributed by atoms with Crippen LogP contribution in [0.15, 0.2) is 42.6 Å². The zero-order chi connectivity index (χ0) is 30.5. The molecule has 1 saturated carbocycles. The highest BCUT2D eigenvalue weighted by Crippen LogP contribution is 2.31. The smallest absolute Gasteiger partial charge is 0.308 e. The predicted octanol–water partition coefficient (Wildman–Crippen LogP) is 6.20. The number of para-hydroxylation sites is 1. The molecule has 2 heterocycles. The summed E-state index contributed by atoms with van der Waals surface area (Å²) in [6.45, 7) is 1.46. The lowest BCUT2D eigenvalue weighted by Gasteiger charge is -2.29. The van der Waals surface area contributed by atoms with Crippen LogP contribution in [0.3, 0.4) is 0 Å². The summed E-state index contributed by atoms with van der Waals surface area (Å²) in [5, 5.41) is 3.67. The summed E-state index contributed by atoms with van der Waals surface area (Å²) in [5.41, 5.74) is 1.72. The van der Waals surface area contributed by atoms with E-state index in [4.69, 9.17) is 21.1 Å². The predicted molar refractivity (Wildman–Crippen MR) is 167 cm³/mol. The third kappa shape index (κ3) is 7.60. The Hall–Kier alpha value is -2.92. The minimum absolute atomic E-state index is 0.0286. The molecule has 0 radical (unpaired) electrons. The first-order valence-electron chi connectivity index (χ1n) is 14.7. The molecule has 230 valence electrons. The van der Waals surface area contributed by atoms with Crippen molar-refractivity contribution in [3.05, 3.63) is 64.6 Å². The van der Waals surface area contributed by atoms with Crippen LogP contribution in [-0.4, -0.2) is 64.7 Å². The van der Waals surface area contributed by atoms with Gasteiger partial charge in [-0.15, -0.1) is 0 Å². The van der Waals surface area contributed by atoms with Gasteiger partial charge in [0.25, 0.3) is 5.91 Å². The maximum atomic E-state index is 15.0. The Morgan fingerprint density at radius 3 is 2.65 bits per heavy atom. The van der Waals surface area contributed by atoms with Gasteiger partial charge in [0.1, 0.15) is 11.6 Å². The van der Waals surface area contributed by atoms with Gasteiger partial charge in [0, 0.05) is 43.2 Å². The number of methoxy groups -OCH3 is 1. The highest BCUT2D eigenvalue weighted by molar-refractivity contribution is 7.97. The molecule has 0 spiro atoms. The van der Waals surface area contributed by atoms with Crippen LogP contribution in [0.1, 0.15) is 54.4 Å². The van der Waals surface area contributed by atoms with Crippen LogP contribution >= 0.6 is 23.5 Å². The van der Waals surface area contributed by atoms with E-state index in [1.54, 1.807) is 6.20 Å². The summed E-state index contributed by atoms with van der Waals surface area (Å²) >= 11 is 7.88. The van der Waals surface area contributed by atoms with Crippen LogP contribution in [0.25, 0.3) is 10.9 Å². The quantitative estimate of drug-likeness (QED) is 0.200. The van der Waals surface area contributed by atoms with E-state index in [-0.39, 0.29) is 58.3 Å². The average molecular weight is 630 g/mol. The molecule has 3 aromatic rings. The van der Waals surface area contributed by atoms with Gasteiger partial charge in [-0.25, -0.2) is 8.70 Å². The number of carbonyl (C=O) groups excluding carboxylic acids is 3. The number of benzene rings is 2. The van der Waals surface area contributed by atoms with Crippen molar-refractivity contribution in [2.45, 2.75) is 57.1 Å². The third-order valence-electron chi connectivity index (χ3n) is 8.36. The van der Waals surface area contributed by atoms with Crippen LogP contribution in [0.4, 0.5) is 10.1 Å². The van der Waals surface area contributed by atoms with E-state index in [1.807, 2.05) is 35.9 Å². The van der Waals surface area contributed by atoms with Crippen molar-refractivity contribution < 1.29 is 28.2 Å². The molecular formula is C32H37ClFN3O5S. The second-order valence-corrected chi connectivity index (χ2v) is 12.7. The number of rotatable bonds is 11. The van der Waals surface area contributed by atoms with Crippen LogP contribution < -0.4 is 5.32 Å². The average Bonchev–Trinajstić information content (AvgIpc) is 3.61.